The molecule has 2 atom stereocenters. The van der Waals surface area contributed by atoms with Crippen LogP contribution in [0.5, 0.6) is 0 Å². The fraction of sp³-hybridized carbons (Fsp3) is 0.867. The molecule has 1 rings (SSSR count). The second-order valence-electron chi connectivity index (χ2n) is 6.34. The van der Waals surface area contributed by atoms with Crippen molar-refractivity contribution in [3.8, 4) is 0 Å². The summed E-state index contributed by atoms with van der Waals surface area (Å²) < 4.78 is 0. The first-order valence-corrected chi connectivity index (χ1v) is 7.84. The molecule has 0 bridgehead atoms. The van der Waals surface area contributed by atoms with Gasteiger partial charge >= 0.3 is 0 Å². The maximum atomic E-state index is 12.1. The number of carbonyl (C=O) groups is 2. The Kier molecular flexibility index (Phi) is 12.8. The molecule has 0 aromatic rings. The van der Waals surface area contributed by atoms with Crippen molar-refractivity contribution in [2.75, 3.05) is 39.8 Å². The van der Waals surface area contributed by atoms with Crippen LogP contribution in [-0.4, -0.2) is 67.4 Å². The molecule has 3 N–H and O–H groups in total. The molecule has 1 heterocycles. The van der Waals surface area contributed by atoms with Crippen molar-refractivity contribution in [3.05, 3.63) is 0 Å². The summed E-state index contributed by atoms with van der Waals surface area (Å²) in [5.41, 5.74) is 5.75. The van der Waals surface area contributed by atoms with Gasteiger partial charge in [-0.05, 0) is 31.8 Å². The molecular weight excluding hydrogens is 339 g/mol. The first kappa shape index (κ1) is 24.7. The Morgan fingerprint density at radius 1 is 1.35 bits per heavy atom. The Bertz CT molecular complexity index is 369. The van der Waals surface area contributed by atoms with Gasteiger partial charge in [0.1, 0.15) is 0 Å². The fourth-order valence-electron chi connectivity index (χ4n) is 2.47. The zero-order valence-electron chi connectivity index (χ0n) is 14.6. The maximum Gasteiger partial charge on any atom is 0.241 e. The van der Waals surface area contributed by atoms with E-state index < -0.39 is 6.04 Å². The van der Waals surface area contributed by atoms with E-state index in [0.29, 0.717) is 5.92 Å². The van der Waals surface area contributed by atoms with Gasteiger partial charge in [0.05, 0.1) is 12.6 Å². The van der Waals surface area contributed by atoms with Crippen molar-refractivity contribution in [2.45, 2.75) is 33.2 Å². The van der Waals surface area contributed by atoms with Gasteiger partial charge in [0, 0.05) is 19.6 Å². The van der Waals surface area contributed by atoms with Crippen LogP contribution in [0, 0.1) is 11.8 Å². The predicted molar refractivity (Wildman–Crippen MR) is 98.2 cm³/mol. The highest BCUT2D eigenvalue weighted by molar-refractivity contribution is 5.87. The number of nitrogens with one attached hydrogen (secondary N) is 1. The predicted octanol–water partition coefficient (Wildman–Crippen LogP) is 0.730. The summed E-state index contributed by atoms with van der Waals surface area (Å²) in [7, 11) is 2.10. The van der Waals surface area contributed by atoms with Crippen LogP contribution in [0.2, 0.25) is 0 Å². The molecule has 23 heavy (non-hydrogen) atoms. The SMILES string of the molecule is CCN(C)CC1CCN(C(=O)CNC(=O)[C@@H](N)C(C)C)C1.Cl.Cl. The van der Waals surface area contributed by atoms with Crippen molar-refractivity contribution >= 4 is 36.6 Å². The van der Waals surface area contributed by atoms with Crippen LogP contribution >= 0.6 is 24.8 Å². The average Bonchev–Trinajstić information content (AvgIpc) is 2.91. The van der Waals surface area contributed by atoms with Gasteiger partial charge in [0.2, 0.25) is 11.8 Å². The van der Waals surface area contributed by atoms with Gasteiger partial charge in [0.25, 0.3) is 0 Å². The molecule has 1 unspecified atom stereocenters. The summed E-state index contributed by atoms with van der Waals surface area (Å²) in [6, 6.07) is -0.553. The number of hydrogen-bond acceptors (Lipinski definition) is 4. The van der Waals surface area contributed by atoms with Gasteiger partial charge in [-0.3, -0.25) is 9.59 Å². The molecule has 1 saturated heterocycles. The molecule has 1 aliphatic heterocycles. The summed E-state index contributed by atoms with van der Waals surface area (Å²) >= 11 is 0. The lowest BCUT2D eigenvalue weighted by atomic mass is 10.1. The molecule has 6 nitrogen and oxygen atoms in total. The zero-order valence-corrected chi connectivity index (χ0v) is 16.2. The van der Waals surface area contributed by atoms with E-state index in [1.807, 2.05) is 18.7 Å². The van der Waals surface area contributed by atoms with Crippen molar-refractivity contribution in [1.82, 2.24) is 15.1 Å². The Hall–Kier alpha value is -0.560. The lowest BCUT2D eigenvalue weighted by Crippen LogP contribution is -2.47. The van der Waals surface area contributed by atoms with Gasteiger partial charge in [-0.15, -0.1) is 24.8 Å². The van der Waals surface area contributed by atoms with Crippen molar-refractivity contribution in [3.63, 3.8) is 0 Å². The molecule has 0 aromatic carbocycles. The van der Waals surface area contributed by atoms with Crippen LogP contribution in [-0.2, 0) is 9.59 Å². The standard InChI is InChI=1S/C15H30N4O2.2ClH/c1-5-18(4)9-12-6-7-19(10-12)13(20)8-17-15(21)14(16)11(2)3;;/h11-12,14H,5-10,16H2,1-4H3,(H,17,21);2*1H/t12?,14-;;/m0../s1. The zero-order chi connectivity index (χ0) is 16.0. The number of carbonyl (C=O) groups excluding carboxylic acids is 2. The quantitative estimate of drug-likeness (QED) is 0.692. The summed E-state index contributed by atoms with van der Waals surface area (Å²) in [5, 5.41) is 2.64. The lowest BCUT2D eigenvalue weighted by molar-refractivity contribution is -0.132. The second-order valence-corrected chi connectivity index (χ2v) is 6.34. The highest BCUT2D eigenvalue weighted by Crippen LogP contribution is 2.16. The number of amides is 2. The number of hydrogen-bond donors (Lipinski definition) is 2. The van der Waals surface area contributed by atoms with Crippen LogP contribution in [0.15, 0.2) is 0 Å². The molecule has 0 radical (unpaired) electrons. The number of nitrogens with two attached hydrogens (primary N) is 1. The molecule has 8 heteroatoms. The maximum absolute atomic E-state index is 12.1. The highest BCUT2D eigenvalue weighted by Gasteiger charge is 2.27. The minimum atomic E-state index is -0.553. The molecule has 0 spiro atoms. The summed E-state index contributed by atoms with van der Waals surface area (Å²) in [5.74, 6) is 0.342. The van der Waals surface area contributed by atoms with E-state index in [-0.39, 0.29) is 49.1 Å². The molecule has 2 amide bonds. The van der Waals surface area contributed by atoms with E-state index in [0.717, 1.165) is 32.6 Å². The summed E-state index contributed by atoms with van der Waals surface area (Å²) in [6.07, 6.45) is 1.04. The van der Waals surface area contributed by atoms with E-state index in [1.165, 1.54) is 0 Å². The van der Waals surface area contributed by atoms with Crippen LogP contribution in [0.1, 0.15) is 27.2 Å². The highest BCUT2D eigenvalue weighted by atomic mass is 35.5. The summed E-state index contributed by atoms with van der Waals surface area (Å²) in [6.45, 7) is 9.57. The van der Waals surface area contributed by atoms with Gasteiger partial charge in [0.15, 0.2) is 0 Å². The van der Waals surface area contributed by atoms with Crippen LogP contribution in [0.25, 0.3) is 0 Å². The third kappa shape index (κ3) is 8.20. The molecule has 0 aromatic heterocycles. The molecule has 0 aliphatic carbocycles. The smallest absolute Gasteiger partial charge is 0.241 e. The van der Waals surface area contributed by atoms with Gasteiger partial charge in [-0.2, -0.15) is 0 Å². The minimum Gasteiger partial charge on any atom is -0.346 e. The Morgan fingerprint density at radius 3 is 2.48 bits per heavy atom. The molecule has 1 fully saturated rings. The van der Waals surface area contributed by atoms with Crippen LogP contribution < -0.4 is 11.1 Å². The molecule has 0 saturated carbocycles. The average molecular weight is 371 g/mol. The lowest BCUT2D eigenvalue weighted by Gasteiger charge is -2.21. The third-order valence-corrected chi connectivity index (χ3v) is 4.18. The topological polar surface area (TPSA) is 78.7 Å². The van der Waals surface area contributed by atoms with Crippen LogP contribution in [0.4, 0.5) is 0 Å². The van der Waals surface area contributed by atoms with E-state index >= 15 is 0 Å². The van der Waals surface area contributed by atoms with E-state index in [1.54, 1.807) is 0 Å². The third-order valence-electron chi connectivity index (χ3n) is 4.18. The fourth-order valence-corrected chi connectivity index (χ4v) is 2.47. The normalized spacial score (nSPS) is 18.4. The van der Waals surface area contributed by atoms with E-state index in [4.69, 9.17) is 5.73 Å². The van der Waals surface area contributed by atoms with Crippen LogP contribution in [0.3, 0.4) is 0 Å². The second kappa shape index (κ2) is 11.9. The Balaban J connectivity index is 0. The molecule has 138 valence electrons. The van der Waals surface area contributed by atoms with Crippen molar-refractivity contribution in [1.29, 1.82) is 0 Å². The minimum absolute atomic E-state index is 0. The van der Waals surface area contributed by atoms with Crippen molar-refractivity contribution < 1.29 is 9.59 Å². The summed E-state index contributed by atoms with van der Waals surface area (Å²) in [4.78, 5) is 27.9. The molecular formula is C15H32Cl2N4O2. The Labute approximate surface area is 152 Å². The monoisotopic (exact) mass is 370 g/mol. The number of halogens is 2. The number of rotatable bonds is 7. The van der Waals surface area contributed by atoms with Gasteiger partial charge < -0.3 is 20.9 Å². The number of likely N-dealkylation sites (tertiary alicyclic amines) is 1. The largest absolute Gasteiger partial charge is 0.346 e. The van der Waals surface area contributed by atoms with Crippen molar-refractivity contribution in [2.24, 2.45) is 17.6 Å². The van der Waals surface area contributed by atoms with E-state index in [2.05, 4.69) is 24.2 Å². The van der Waals surface area contributed by atoms with Gasteiger partial charge in [-0.25, -0.2) is 0 Å². The van der Waals surface area contributed by atoms with E-state index in [9.17, 15) is 9.59 Å². The van der Waals surface area contributed by atoms with Gasteiger partial charge in [-0.1, -0.05) is 20.8 Å². The number of nitrogens with zero attached hydrogens (tertiary/aromatic N) is 2. The molecule has 1 aliphatic rings. The first-order chi connectivity index (χ1) is 9.85. The Morgan fingerprint density at radius 2 is 1.96 bits per heavy atom. The first-order valence-electron chi connectivity index (χ1n) is 7.84.